The maximum atomic E-state index is 4.03. The molecule has 0 aliphatic rings. The van der Waals surface area contributed by atoms with Gasteiger partial charge in [-0.15, -0.1) is 11.8 Å². The molecule has 1 heterocycles. The first-order valence-electron chi connectivity index (χ1n) is 5.05. The summed E-state index contributed by atoms with van der Waals surface area (Å²) in [6.07, 6.45) is 5.63. The van der Waals surface area contributed by atoms with Crippen molar-refractivity contribution in [3.63, 3.8) is 0 Å². The molecule has 0 saturated heterocycles. The Labute approximate surface area is 104 Å². The van der Waals surface area contributed by atoms with Crippen molar-refractivity contribution < 1.29 is 0 Å². The predicted molar refractivity (Wildman–Crippen MR) is 75.0 cm³/mol. The maximum Gasteiger partial charge on any atom is 0.104 e. The van der Waals surface area contributed by atoms with Crippen LogP contribution in [0.5, 0.6) is 0 Å². The molecule has 0 saturated carbocycles. The lowest BCUT2D eigenvalue weighted by molar-refractivity contribution is 1.24. The number of thiol groups is 1. The molecule has 2 rings (SSSR count). The molecule has 0 atom stereocenters. The molecule has 2 aromatic rings. The smallest absolute Gasteiger partial charge is 0.104 e. The summed E-state index contributed by atoms with van der Waals surface area (Å²) in [6, 6.07) is 10.5. The van der Waals surface area contributed by atoms with E-state index in [1.807, 2.05) is 30.5 Å². The average Bonchev–Trinajstić information content (AvgIpc) is 2.81. The molecule has 0 unspecified atom stereocenters. The monoisotopic (exact) mass is 250 g/mol. The number of hydrogen-bond acceptors (Lipinski definition) is 2. The van der Waals surface area contributed by atoms with Crippen molar-refractivity contribution in [1.29, 1.82) is 0 Å². The molecule has 0 aliphatic heterocycles. The second-order valence-electron chi connectivity index (χ2n) is 3.34. The van der Waals surface area contributed by atoms with E-state index in [9.17, 15) is 0 Å². The highest BCUT2D eigenvalue weighted by Crippen LogP contribution is 2.16. The van der Waals surface area contributed by atoms with E-state index < -0.39 is 0 Å². The second-order valence-corrected chi connectivity index (χ2v) is 6.16. The highest BCUT2D eigenvalue weighted by molar-refractivity contribution is 8.26. The Morgan fingerprint density at radius 1 is 1.38 bits per heavy atom. The van der Waals surface area contributed by atoms with E-state index in [-0.39, 0.29) is 0 Å². The molecule has 0 fully saturated rings. The quantitative estimate of drug-likeness (QED) is 0.666. The van der Waals surface area contributed by atoms with Gasteiger partial charge in [0.05, 0.1) is 0 Å². The van der Waals surface area contributed by atoms with Crippen LogP contribution in [-0.2, 0) is 5.75 Å². The molecule has 16 heavy (non-hydrogen) atoms. The van der Waals surface area contributed by atoms with Crippen molar-refractivity contribution in [3.8, 4) is 0 Å². The summed E-state index contributed by atoms with van der Waals surface area (Å²) < 4.78 is 3.44. The molecule has 0 amide bonds. The van der Waals surface area contributed by atoms with Gasteiger partial charge in [0, 0.05) is 22.3 Å². The van der Waals surface area contributed by atoms with Gasteiger partial charge in [-0.1, -0.05) is 41.9 Å². The molecule has 0 bridgehead atoms. The van der Waals surface area contributed by atoms with Gasteiger partial charge in [-0.3, -0.25) is 3.97 Å². The Morgan fingerprint density at radius 3 is 2.88 bits per heavy atom. The van der Waals surface area contributed by atoms with Crippen LogP contribution in [0.1, 0.15) is 12.5 Å². The zero-order chi connectivity index (χ0) is 11.2. The van der Waals surface area contributed by atoms with Gasteiger partial charge < -0.3 is 0 Å². The van der Waals surface area contributed by atoms with Gasteiger partial charge >= 0.3 is 0 Å². The number of aromatic nitrogens is 2. The number of thioether (sulfide) groups is 1. The fourth-order valence-corrected chi connectivity index (χ4v) is 3.10. The summed E-state index contributed by atoms with van der Waals surface area (Å²) in [6.45, 7) is 2.16. The Morgan fingerprint density at radius 2 is 2.19 bits per heavy atom. The zero-order valence-corrected chi connectivity index (χ0v) is 10.8. The topological polar surface area (TPSA) is 17.8 Å². The molecule has 84 valence electrons. The van der Waals surface area contributed by atoms with Crippen LogP contribution in [0.2, 0.25) is 0 Å². The van der Waals surface area contributed by atoms with Crippen LogP contribution in [0.4, 0.5) is 0 Å². The van der Waals surface area contributed by atoms with Gasteiger partial charge in [-0.05, 0) is 12.5 Å². The van der Waals surface area contributed by atoms with Gasteiger partial charge in [-0.25, -0.2) is 4.98 Å². The Bertz CT molecular complexity index is 449. The fourth-order valence-electron chi connectivity index (χ4n) is 1.26. The van der Waals surface area contributed by atoms with Crippen LogP contribution < -0.4 is 0 Å². The summed E-state index contributed by atoms with van der Waals surface area (Å²) in [5, 5.41) is 0. The van der Waals surface area contributed by atoms with Gasteiger partial charge in [0.25, 0.3) is 0 Å². The third-order valence-corrected chi connectivity index (χ3v) is 4.31. The lowest BCUT2D eigenvalue weighted by Crippen LogP contribution is -1.87. The number of hydrogen-bond donors (Lipinski definition) is 1. The van der Waals surface area contributed by atoms with Crippen LogP contribution in [0.15, 0.2) is 49.1 Å². The molecule has 1 aromatic heterocycles. The molecule has 0 aliphatic carbocycles. The minimum atomic E-state index is 1.04. The Balaban J connectivity index is 1.91. The maximum absolute atomic E-state index is 4.03. The molecular formula is C12H14N2S2. The highest BCUT2D eigenvalue weighted by Gasteiger charge is 1.94. The minimum absolute atomic E-state index is 1.04. The van der Waals surface area contributed by atoms with Crippen molar-refractivity contribution in [2.24, 2.45) is 0 Å². The Hall–Kier alpha value is -1.00. The highest BCUT2D eigenvalue weighted by atomic mass is 32.2. The lowest BCUT2D eigenvalue weighted by Gasteiger charge is -2.02. The summed E-state index contributed by atoms with van der Waals surface area (Å²) in [7, 11) is 0. The molecule has 4 heteroatoms. The van der Waals surface area contributed by atoms with E-state index in [0.29, 0.717) is 0 Å². The molecular weight excluding hydrogens is 236 g/mol. The summed E-state index contributed by atoms with van der Waals surface area (Å²) >= 11 is 3.08. The zero-order valence-electron chi connectivity index (χ0n) is 9.08. The van der Waals surface area contributed by atoms with Gasteiger partial charge in [0.2, 0.25) is 0 Å². The van der Waals surface area contributed by atoms with Crippen molar-refractivity contribution in [2.75, 3.05) is 0 Å². The number of imidazole rings is 1. The minimum Gasteiger partial charge on any atom is -0.288 e. The molecule has 0 radical (unpaired) electrons. The van der Waals surface area contributed by atoms with E-state index >= 15 is 0 Å². The number of benzene rings is 1. The summed E-state index contributed by atoms with van der Waals surface area (Å²) in [5.41, 5.74) is 1.37. The Kier molecular flexibility index (Phi) is 4.25. The summed E-state index contributed by atoms with van der Waals surface area (Å²) in [5.74, 6) is 1.04. The predicted octanol–water partition coefficient (Wildman–Crippen LogP) is 3.19. The van der Waals surface area contributed by atoms with E-state index in [0.717, 1.165) is 5.75 Å². The largest absolute Gasteiger partial charge is 0.288 e. The first kappa shape index (κ1) is 11.5. The van der Waals surface area contributed by atoms with E-state index in [1.165, 1.54) is 21.3 Å². The first-order valence-corrected chi connectivity index (χ1v) is 6.88. The van der Waals surface area contributed by atoms with Gasteiger partial charge in [0.15, 0.2) is 0 Å². The summed E-state index contributed by atoms with van der Waals surface area (Å²) in [4.78, 5) is 4.03. The molecule has 0 N–H and O–H groups in total. The fraction of sp³-hybridized carbons (Fsp3) is 0.167. The van der Waals surface area contributed by atoms with E-state index in [2.05, 4.69) is 46.2 Å². The normalized spacial score (nSPS) is 12.2. The van der Waals surface area contributed by atoms with Crippen molar-refractivity contribution in [3.05, 3.63) is 54.6 Å². The molecule has 2 nitrogen and oxygen atoms in total. The standard InChI is InChI=1S/C12H14N2S2/c1-11(16-14-8-7-13-10-14)15-9-12-5-3-2-4-6-12/h2-8,10,16H,9H2,1H3. The average molecular weight is 250 g/mol. The van der Waals surface area contributed by atoms with Gasteiger partial charge in [0.1, 0.15) is 6.33 Å². The van der Waals surface area contributed by atoms with E-state index in [1.54, 1.807) is 0 Å². The van der Waals surface area contributed by atoms with Crippen molar-refractivity contribution in [2.45, 2.75) is 12.7 Å². The van der Waals surface area contributed by atoms with E-state index in [4.69, 9.17) is 0 Å². The van der Waals surface area contributed by atoms with Crippen LogP contribution in [0.25, 0.3) is 0 Å². The third-order valence-electron chi connectivity index (χ3n) is 2.04. The second kappa shape index (κ2) is 5.92. The SMILES string of the molecule is CC(SCc1ccccc1)=[SH]n1ccnc1. The lowest BCUT2D eigenvalue weighted by atomic mass is 10.2. The molecule has 1 aromatic carbocycles. The third kappa shape index (κ3) is 3.54. The number of nitrogens with zero attached hydrogens (tertiary/aromatic N) is 2. The van der Waals surface area contributed by atoms with Crippen LogP contribution in [0.3, 0.4) is 0 Å². The van der Waals surface area contributed by atoms with Crippen LogP contribution >= 0.6 is 23.3 Å². The first-order chi connectivity index (χ1) is 7.84. The molecule has 0 spiro atoms. The van der Waals surface area contributed by atoms with Crippen molar-refractivity contribution >= 4 is 27.5 Å². The van der Waals surface area contributed by atoms with Crippen LogP contribution in [0, 0.1) is 0 Å². The number of rotatable bonds is 3. The van der Waals surface area contributed by atoms with Crippen molar-refractivity contribution in [1.82, 2.24) is 8.96 Å². The van der Waals surface area contributed by atoms with Crippen LogP contribution in [-0.4, -0.2) is 13.2 Å². The van der Waals surface area contributed by atoms with Gasteiger partial charge in [-0.2, -0.15) is 0 Å².